The van der Waals surface area contributed by atoms with Crippen molar-refractivity contribution >= 4 is 6.09 Å². The predicted molar refractivity (Wildman–Crippen MR) is 66.5 cm³/mol. The van der Waals surface area contributed by atoms with Crippen molar-refractivity contribution in [2.45, 2.75) is 58.7 Å². The number of rotatable bonds is 5. The van der Waals surface area contributed by atoms with Crippen LogP contribution in [0.1, 0.15) is 41.0 Å². The van der Waals surface area contributed by atoms with Gasteiger partial charge < -0.3 is 10.1 Å². The molecule has 0 spiro atoms. The summed E-state index contributed by atoms with van der Waals surface area (Å²) in [6, 6.07) is 1.96. The number of nitrogens with zero attached hydrogens (tertiary/aromatic N) is 1. The van der Waals surface area contributed by atoms with Gasteiger partial charge in [0.1, 0.15) is 11.6 Å². The first kappa shape index (κ1) is 15.7. The fraction of sp³-hybridized carbons (Fsp3) is 0.833. The Bertz CT molecular complexity index is 278. The minimum atomic E-state index is -0.517. The molecule has 0 saturated heterocycles. The number of hydrogen-bond acceptors (Lipinski definition) is 4. The standard InChI is InChI=1S/C12H23N3O2/c1-6-9(2)15-10(7-13)8-14-11(16)17-12(3,4)5/h9-10,15H,6,8H2,1-5H3,(H,14,16). The van der Waals surface area contributed by atoms with Crippen LogP contribution in [0.5, 0.6) is 0 Å². The normalized spacial score (nSPS) is 14.6. The molecule has 0 aliphatic rings. The number of carbonyl (C=O) groups excluding carboxylic acids is 1. The van der Waals surface area contributed by atoms with E-state index in [1.165, 1.54) is 0 Å². The molecule has 2 unspecified atom stereocenters. The lowest BCUT2D eigenvalue weighted by atomic mass is 10.2. The van der Waals surface area contributed by atoms with Crippen molar-refractivity contribution in [3.8, 4) is 6.07 Å². The van der Waals surface area contributed by atoms with Crippen LogP contribution in [0.15, 0.2) is 0 Å². The van der Waals surface area contributed by atoms with Gasteiger partial charge in [-0.3, -0.25) is 5.32 Å². The van der Waals surface area contributed by atoms with Crippen molar-refractivity contribution in [2.24, 2.45) is 0 Å². The van der Waals surface area contributed by atoms with Crippen molar-refractivity contribution in [3.05, 3.63) is 0 Å². The Labute approximate surface area is 104 Å². The summed E-state index contributed by atoms with van der Waals surface area (Å²) in [5.41, 5.74) is -0.517. The molecule has 0 rings (SSSR count). The highest BCUT2D eigenvalue weighted by Crippen LogP contribution is 2.06. The molecule has 0 saturated carbocycles. The van der Waals surface area contributed by atoms with Crippen molar-refractivity contribution in [1.82, 2.24) is 10.6 Å². The van der Waals surface area contributed by atoms with Gasteiger partial charge in [-0.15, -0.1) is 0 Å². The lowest BCUT2D eigenvalue weighted by molar-refractivity contribution is 0.0525. The lowest BCUT2D eigenvalue weighted by Gasteiger charge is -2.21. The summed E-state index contributed by atoms with van der Waals surface area (Å²) in [5.74, 6) is 0. The Morgan fingerprint density at radius 3 is 2.47 bits per heavy atom. The molecule has 2 N–H and O–H groups in total. The summed E-state index contributed by atoms with van der Waals surface area (Å²) in [5, 5.41) is 14.6. The van der Waals surface area contributed by atoms with Gasteiger partial charge in [-0.1, -0.05) is 6.92 Å². The molecule has 0 radical (unpaired) electrons. The van der Waals surface area contributed by atoms with E-state index in [0.29, 0.717) is 0 Å². The predicted octanol–water partition coefficient (Wildman–Crippen LogP) is 1.79. The average Bonchev–Trinajstić information content (AvgIpc) is 2.21. The van der Waals surface area contributed by atoms with E-state index in [-0.39, 0.29) is 12.6 Å². The van der Waals surface area contributed by atoms with Gasteiger partial charge in [0.25, 0.3) is 0 Å². The van der Waals surface area contributed by atoms with Crippen molar-refractivity contribution in [2.75, 3.05) is 6.54 Å². The quantitative estimate of drug-likeness (QED) is 0.769. The van der Waals surface area contributed by atoms with Gasteiger partial charge in [-0.05, 0) is 34.1 Å². The first-order valence-electron chi connectivity index (χ1n) is 5.91. The minimum absolute atomic E-state index is 0.246. The van der Waals surface area contributed by atoms with Crippen molar-refractivity contribution in [3.63, 3.8) is 0 Å². The lowest BCUT2D eigenvalue weighted by Crippen LogP contribution is -2.44. The third-order valence-corrected chi connectivity index (χ3v) is 2.10. The van der Waals surface area contributed by atoms with Crippen LogP contribution in [0.2, 0.25) is 0 Å². The van der Waals surface area contributed by atoms with E-state index in [1.807, 2.05) is 13.8 Å². The van der Waals surface area contributed by atoms with Crippen LogP contribution < -0.4 is 10.6 Å². The van der Waals surface area contributed by atoms with Crippen LogP contribution in [0.4, 0.5) is 4.79 Å². The smallest absolute Gasteiger partial charge is 0.407 e. The first-order valence-corrected chi connectivity index (χ1v) is 5.91. The number of alkyl carbamates (subject to hydrolysis) is 1. The van der Waals surface area contributed by atoms with Gasteiger partial charge in [0.2, 0.25) is 0 Å². The van der Waals surface area contributed by atoms with E-state index in [1.54, 1.807) is 20.8 Å². The first-order chi connectivity index (χ1) is 7.78. The van der Waals surface area contributed by atoms with Crippen LogP contribution in [0.25, 0.3) is 0 Å². The fourth-order valence-corrected chi connectivity index (χ4v) is 1.10. The molecule has 5 heteroatoms. The van der Waals surface area contributed by atoms with Crippen LogP contribution in [0, 0.1) is 11.3 Å². The maximum Gasteiger partial charge on any atom is 0.407 e. The minimum Gasteiger partial charge on any atom is -0.444 e. The third-order valence-electron chi connectivity index (χ3n) is 2.10. The highest BCUT2D eigenvalue weighted by molar-refractivity contribution is 5.67. The molecule has 0 aromatic carbocycles. The number of nitrogens with one attached hydrogen (secondary N) is 2. The van der Waals surface area contributed by atoms with Gasteiger partial charge in [-0.2, -0.15) is 5.26 Å². The van der Waals surface area contributed by atoms with Crippen molar-refractivity contribution < 1.29 is 9.53 Å². The summed E-state index contributed by atoms with van der Waals surface area (Å²) < 4.78 is 5.08. The maximum atomic E-state index is 11.4. The Morgan fingerprint density at radius 2 is 2.06 bits per heavy atom. The Hall–Kier alpha value is -1.28. The molecule has 5 nitrogen and oxygen atoms in total. The van der Waals surface area contributed by atoms with Crippen molar-refractivity contribution in [1.29, 1.82) is 5.26 Å². The highest BCUT2D eigenvalue weighted by atomic mass is 16.6. The van der Waals surface area contributed by atoms with Crippen LogP contribution in [0.3, 0.4) is 0 Å². The largest absolute Gasteiger partial charge is 0.444 e. The Morgan fingerprint density at radius 1 is 1.47 bits per heavy atom. The molecule has 0 aliphatic heterocycles. The summed E-state index contributed by atoms with van der Waals surface area (Å²) >= 11 is 0. The van der Waals surface area contributed by atoms with E-state index < -0.39 is 17.7 Å². The third kappa shape index (κ3) is 8.52. The number of amides is 1. The molecule has 0 aliphatic carbocycles. The summed E-state index contributed by atoms with van der Waals surface area (Å²) in [7, 11) is 0. The second-order valence-electron chi connectivity index (χ2n) is 5.04. The number of hydrogen-bond donors (Lipinski definition) is 2. The van der Waals surface area contributed by atoms with E-state index in [4.69, 9.17) is 10.00 Å². The maximum absolute atomic E-state index is 11.4. The average molecular weight is 241 g/mol. The molecule has 1 amide bonds. The Balaban J connectivity index is 4.00. The molecule has 0 fully saturated rings. The fourth-order valence-electron chi connectivity index (χ4n) is 1.10. The molecule has 0 aromatic rings. The second-order valence-corrected chi connectivity index (χ2v) is 5.04. The number of carbonyl (C=O) groups is 1. The van der Waals surface area contributed by atoms with E-state index in [2.05, 4.69) is 16.7 Å². The molecule has 0 aromatic heterocycles. The van der Waals surface area contributed by atoms with Gasteiger partial charge in [-0.25, -0.2) is 4.79 Å². The number of nitriles is 1. The van der Waals surface area contributed by atoms with Gasteiger partial charge in [0.15, 0.2) is 0 Å². The zero-order valence-electron chi connectivity index (χ0n) is 11.3. The van der Waals surface area contributed by atoms with Gasteiger partial charge in [0.05, 0.1) is 6.07 Å². The topological polar surface area (TPSA) is 74.2 Å². The van der Waals surface area contributed by atoms with Gasteiger partial charge in [0, 0.05) is 12.6 Å². The highest BCUT2D eigenvalue weighted by Gasteiger charge is 2.17. The zero-order valence-corrected chi connectivity index (χ0v) is 11.3. The molecular weight excluding hydrogens is 218 g/mol. The summed E-state index contributed by atoms with van der Waals surface area (Å²) in [6.07, 6.45) is 0.439. The Kier molecular flexibility index (Phi) is 6.59. The molecule has 0 bridgehead atoms. The molecule has 98 valence electrons. The van der Waals surface area contributed by atoms with Gasteiger partial charge >= 0.3 is 6.09 Å². The zero-order chi connectivity index (χ0) is 13.5. The number of ether oxygens (including phenoxy) is 1. The summed E-state index contributed by atoms with van der Waals surface area (Å²) in [6.45, 7) is 9.67. The summed E-state index contributed by atoms with van der Waals surface area (Å²) in [4.78, 5) is 11.4. The van der Waals surface area contributed by atoms with E-state index in [0.717, 1.165) is 6.42 Å². The van der Waals surface area contributed by atoms with Crippen LogP contribution in [-0.2, 0) is 4.74 Å². The second kappa shape index (κ2) is 7.13. The molecule has 2 atom stereocenters. The molecule has 17 heavy (non-hydrogen) atoms. The van der Waals surface area contributed by atoms with E-state index >= 15 is 0 Å². The van der Waals surface area contributed by atoms with Crippen LogP contribution in [-0.4, -0.2) is 30.3 Å². The van der Waals surface area contributed by atoms with Crippen LogP contribution >= 0.6 is 0 Å². The van der Waals surface area contributed by atoms with E-state index in [9.17, 15) is 4.79 Å². The monoisotopic (exact) mass is 241 g/mol. The molecule has 0 heterocycles. The SMILES string of the molecule is CCC(C)NC(C#N)CNC(=O)OC(C)(C)C. The molecular formula is C12H23N3O2.